The fourth-order valence-electron chi connectivity index (χ4n) is 2.87. The third kappa shape index (κ3) is 3.29. The van der Waals surface area contributed by atoms with E-state index in [4.69, 9.17) is 9.47 Å². The summed E-state index contributed by atoms with van der Waals surface area (Å²) in [6.45, 7) is 0. The van der Waals surface area contributed by atoms with Crippen LogP contribution < -0.4 is 9.47 Å². The molecule has 0 fully saturated rings. The average molecular weight is 378 g/mol. The maximum atomic E-state index is 5.28. The van der Waals surface area contributed by atoms with Crippen molar-refractivity contribution >= 4 is 11.3 Å². The van der Waals surface area contributed by atoms with Gasteiger partial charge in [-0.15, -0.1) is 16.4 Å². The van der Waals surface area contributed by atoms with Crippen LogP contribution >= 0.6 is 11.3 Å². The summed E-state index contributed by atoms with van der Waals surface area (Å²) in [7, 11) is 5.18. The van der Waals surface area contributed by atoms with Gasteiger partial charge in [0.15, 0.2) is 5.82 Å². The van der Waals surface area contributed by atoms with Crippen LogP contribution in [0.25, 0.3) is 32.3 Å². The molecule has 0 saturated heterocycles. The predicted octanol–water partition coefficient (Wildman–Crippen LogP) is 4.29. The topological polar surface area (TPSA) is 62.1 Å². The smallest absolute Gasteiger partial charge is 0.183 e. The van der Waals surface area contributed by atoms with Gasteiger partial charge in [0.05, 0.1) is 14.2 Å². The van der Waals surface area contributed by atoms with Crippen molar-refractivity contribution in [3.63, 3.8) is 0 Å². The van der Waals surface area contributed by atoms with Crippen molar-refractivity contribution in [2.24, 2.45) is 7.05 Å². The molecule has 6 nitrogen and oxygen atoms in total. The Bertz CT molecular complexity index is 1050. The van der Waals surface area contributed by atoms with Gasteiger partial charge < -0.3 is 9.47 Å². The minimum absolute atomic E-state index is 0.733. The Hall–Kier alpha value is -3.19. The van der Waals surface area contributed by atoms with E-state index in [1.807, 2.05) is 31.3 Å². The van der Waals surface area contributed by atoms with E-state index in [0.717, 1.165) is 43.8 Å². The number of methoxy groups -OCH3 is 2. The molecule has 0 saturated carbocycles. The van der Waals surface area contributed by atoms with Gasteiger partial charge in [-0.2, -0.15) is 0 Å². The molecule has 0 atom stereocenters. The third-order valence-corrected chi connectivity index (χ3v) is 5.55. The lowest BCUT2D eigenvalue weighted by atomic mass is 10.1. The van der Waals surface area contributed by atoms with Crippen LogP contribution in [0.5, 0.6) is 11.5 Å². The van der Waals surface area contributed by atoms with Gasteiger partial charge in [0.2, 0.25) is 0 Å². The molecular formula is C20H18N4O2S. The second-order valence-electron chi connectivity index (χ2n) is 5.94. The van der Waals surface area contributed by atoms with E-state index >= 15 is 0 Å². The van der Waals surface area contributed by atoms with Crippen LogP contribution in [0.2, 0.25) is 0 Å². The van der Waals surface area contributed by atoms with Gasteiger partial charge >= 0.3 is 0 Å². The highest BCUT2D eigenvalue weighted by Crippen LogP contribution is 2.43. The maximum absolute atomic E-state index is 5.28. The molecule has 0 amide bonds. The number of hydrogen-bond donors (Lipinski definition) is 0. The first-order valence-corrected chi connectivity index (χ1v) is 9.16. The van der Waals surface area contributed by atoms with Crippen LogP contribution in [-0.2, 0) is 7.05 Å². The molecule has 4 rings (SSSR count). The summed E-state index contributed by atoms with van der Waals surface area (Å²) in [5.41, 5.74) is 3.22. The second-order valence-corrected chi connectivity index (χ2v) is 6.99. The Labute approximate surface area is 161 Å². The molecule has 2 heterocycles. The third-order valence-electron chi connectivity index (χ3n) is 4.32. The Balaban J connectivity index is 1.84. The van der Waals surface area contributed by atoms with Crippen LogP contribution in [0, 0.1) is 0 Å². The van der Waals surface area contributed by atoms with Gasteiger partial charge in [0.25, 0.3) is 0 Å². The first-order valence-electron chi connectivity index (χ1n) is 8.35. The summed E-state index contributed by atoms with van der Waals surface area (Å²) in [4.78, 5) is 2.25. The monoisotopic (exact) mass is 378 g/mol. The molecular weight excluding hydrogens is 360 g/mol. The highest BCUT2D eigenvalue weighted by molar-refractivity contribution is 7.19. The van der Waals surface area contributed by atoms with Crippen LogP contribution in [0.4, 0.5) is 0 Å². The molecule has 0 aliphatic heterocycles. The number of rotatable bonds is 5. The normalized spacial score (nSPS) is 10.8. The Kier molecular flexibility index (Phi) is 4.60. The van der Waals surface area contributed by atoms with Crippen molar-refractivity contribution in [3.05, 3.63) is 54.6 Å². The Morgan fingerprint density at radius 3 is 1.96 bits per heavy atom. The largest absolute Gasteiger partial charge is 0.497 e. The van der Waals surface area contributed by atoms with Gasteiger partial charge in [0.1, 0.15) is 11.5 Å². The Morgan fingerprint density at radius 2 is 1.44 bits per heavy atom. The van der Waals surface area contributed by atoms with E-state index in [1.54, 1.807) is 30.2 Å². The lowest BCUT2D eigenvalue weighted by Crippen LogP contribution is -1.94. The van der Waals surface area contributed by atoms with Crippen molar-refractivity contribution in [3.8, 4) is 43.8 Å². The van der Waals surface area contributed by atoms with Crippen molar-refractivity contribution in [2.45, 2.75) is 0 Å². The average Bonchev–Trinajstić information content (AvgIpc) is 3.34. The molecule has 2 aromatic carbocycles. The van der Waals surface area contributed by atoms with Crippen molar-refractivity contribution in [2.75, 3.05) is 14.2 Å². The maximum Gasteiger partial charge on any atom is 0.183 e. The molecule has 0 radical (unpaired) electrons. The van der Waals surface area contributed by atoms with Gasteiger partial charge in [-0.05, 0) is 76.2 Å². The number of nitrogens with zero attached hydrogens (tertiary/aromatic N) is 4. The number of ether oxygens (including phenoxy) is 2. The SMILES string of the molecule is COc1ccc(-c2cc(-c3nnnn3C)c(-c3ccc(OC)cc3)s2)cc1. The fraction of sp³-hybridized carbons (Fsp3) is 0.150. The molecule has 0 aliphatic carbocycles. The van der Waals surface area contributed by atoms with Crippen molar-refractivity contribution in [1.29, 1.82) is 0 Å². The summed E-state index contributed by atoms with van der Waals surface area (Å²) in [6.07, 6.45) is 0. The number of aryl methyl sites for hydroxylation is 1. The van der Waals surface area contributed by atoms with E-state index in [9.17, 15) is 0 Å². The molecule has 0 spiro atoms. The molecule has 0 unspecified atom stereocenters. The van der Waals surface area contributed by atoms with E-state index in [2.05, 4.69) is 45.9 Å². The molecule has 0 aliphatic rings. The van der Waals surface area contributed by atoms with E-state index < -0.39 is 0 Å². The van der Waals surface area contributed by atoms with Crippen LogP contribution in [0.1, 0.15) is 0 Å². The summed E-state index contributed by atoms with van der Waals surface area (Å²) in [5, 5.41) is 12.0. The van der Waals surface area contributed by atoms with Gasteiger partial charge in [-0.3, -0.25) is 0 Å². The zero-order chi connectivity index (χ0) is 18.8. The van der Waals surface area contributed by atoms with Gasteiger partial charge in [-0.25, -0.2) is 4.68 Å². The summed E-state index contributed by atoms with van der Waals surface area (Å²) in [6, 6.07) is 18.2. The number of tetrazole rings is 1. The van der Waals surface area contributed by atoms with E-state index in [-0.39, 0.29) is 0 Å². The molecule has 2 aromatic heterocycles. The van der Waals surface area contributed by atoms with Crippen molar-refractivity contribution < 1.29 is 9.47 Å². The van der Waals surface area contributed by atoms with Gasteiger partial charge in [-0.1, -0.05) is 0 Å². The fourth-order valence-corrected chi connectivity index (χ4v) is 4.03. The van der Waals surface area contributed by atoms with Crippen molar-refractivity contribution in [1.82, 2.24) is 20.2 Å². The quantitative estimate of drug-likeness (QED) is 0.518. The predicted molar refractivity (Wildman–Crippen MR) is 106 cm³/mol. The summed E-state index contributed by atoms with van der Waals surface area (Å²) in [5.74, 6) is 2.40. The number of thiophene rings is 1. The number of aromatic nitrogens is 4. The number of benzene rings is 2. The standard InChI is InChI=1S/C20H18N4O2S/c1-24-20(21-22-23-24)17-12-18(13-4-8-15(25-2)9-5-13)27-19(17)14-6-10-16(26-3)11-7-14/h4-12H,1-3H3. The molecule has 4 aromatic rings. The van der Waals surface area contributed by atoms with E-state index in [1.165, 1.54) is 0 Å². The van der Waals surface area contributed by atoms with Gasteiger partial charge in [0, 0.05) is 22.4 Å². The lowest BCUT2D eigenvalue weighted by Gasteiger charge is -2.04. The van der Waals surface area contributed by atoms with Crippen LogP contribution in [-0.4, -0.2) is 34.4 Å². The number of hydrogen-bond acceptors (Lipinski definition) is 6. The zero-order valence-corrected chi connectivity index (χ0v) is 16.0. The second kappa shape index (κ2) is 7.20. The van der Waals surface area contributed by atoms with Crippen LogP contribution in [0.15, 0.2) is 54.6 Å². The molecule has 0 bridgehead atoms. The Morgan fingerprint density at radius 1 is 0.852 bits per heavy atom. The van der Waals surface area contributed by atoms with E-state index in [0.29, 0.717) is 0 Å². The lowest BCUT2D eigenvalue weighted by molar-refractivity contribution is 0.415. The van der Waals surface area contributed by atoms with Crippen LogP contribution in [0.3, 0.4) is 0 Å². The summed E-state index contributed by atoms with van der Waals surface area (Å²) >= 11 is 1.71. The first kappa shape index (κ1) is 17.2. The summed E-state index contributed by atoms with van der Waals surface area (Å²) < 4.78 is 12.2. The minimum atomic E-state index is 0.733. The minimum Gasteiger partial charge on any atom is -0.497 e. The molecule has 136 valence electrons. The highest BCUT2D eigenvalue weighted by Gasteiger charge is 2.18. The highest BCUT2D eigenvalue weighted by atomic mass is 32.1. The molecule has 27 heavy (non-hydrogen) atoms. The molecule has 0 N–H and O–H groups in total. The zero-order valence-electron chi connectivity index (χ0n) is 15.2. The molecule has 7 heteroatoms. The first-order chi connectivity index (χ1) is 13.2.